The van der Waals surface area contributed by atoms with Crippen LogP contribution in [0.5, 0.6) is 0 Å². The predicted octanol–water partition coefficient (Wildman–Crippen LogP) is 2.80. The number of nitrogens with two attached hydrogens (primary N) is 1. The fraction of sp³-hybridized carbons (Fsp3) is 1.00. The lowest BCUT2D eigenvalue weighted by Crippen LogP contribution is -2.25. The SMILES string of the molecule is CC(N)C(C)CCC(C)(C)C. The molecule has 11 heavy (non-hydrogen) atoms. The van der Waals surface area contributed by atoms with E-state index in [0.717, 1.165) is 0 Å². The predicted molar refractivity (Wildman–Crippen MR) is 51.5 cm³/mol. The Morgan fingerprint density at radius 2 is 1.64 bits per heavy atom. The monoisotopic (exact) mass is 157 g/mol. The summed E-state index contributed by atoms with van der Waals surface area (Å²) in [5, 5.41) is 0. The molecule has 0 spiro atoms. The zero-order valence-electron chi connectivity index (χ0n) is 8.65. The third-order valence-corrected chi connectivity index (χ3v) is 2.25. The Bertz CT molecular complexity index is 99.9. The van der Waals surface area contributed by atoms with Gasteiger partial charge in [-0.2, -0.15) is 0 Å². The summed E-state index contributed by atoms with van der Waals surface area (Å²) in [6, 6.07) is 0.345. The molecule has 0 rings (SSSR count). The Balaban J connectivity index is 3.54. The molecule has 0 aromatic carbocycles. The highest BCUT2D eigenvalue weighted by Crippen LogP contribution is 2.24. The van der Waals surface area contributed by atoms with E-state index in [9.17, 15) is 0 Å². The first kappa shape index (κ1) is 11.0. The molecule has 2 atom stereocenters. The lowest BCUT2D eigenvalue weighted by atomic mass is 9.85. The molecule has 0 bridgehead atoms. The topological polar surface area (TPSA) is 26.0 Å². The highest BCUT2D eigenvalue weighted by Gasteiger charge is 2.14. The lowest BCUT2D eigenvalue weighted by Gasteiger charge is -2.22. The quantitative estimate of drug-likeness (QED) is 0.670. The van der Waals surface area contributed by atoms with Gasteiger partial charge >= 0.3 is 0 Å². The molecule has 0 saturated heterocycles. The molecule has 1 nitrogen and oxygen atoms in total. The summed E-state index contributed by atoms with van der Waals surface area (Å²) in [5.41, 5.74) is 6.23. The van der Waals surface area contributed by atoms with Gasteiger partial charge in [-0.15, -0.1) is 0 Å². The van der Waals surface area contributed by atoms with Crippen LogP contribution in [0.15, 0.2) is 0 Å². The highest BCUT2D eigenvalue weighted by atomic mass is 14.6. The van der Waals surface area contributed by atoms with Crippen LogP contribution in [-0.2, 0) is 0 Å². The molecule has 0 aliphatic rings. The average Bonchev–Trinajstić information content (AvgIpc) is 1.80. The van der Waals surface area contributed by atoms with Crippen LogP contribution >= 0.6 is 0 Å². The van der Waals surface area contributed by atoms with E-state index in [-0.39, 0.29) is 0 Å². The molecular weight excluding hydrogens is 134 g/mol. The summed E-state index contributed by atoms with van der Waals surface area (Å²) >= 11 is 0. The standard InChI is InChI=1S/C10H23N/c1-8(9(2)11)6-7-10(3,4)5/h8-9H,6-7,11H2,1-5H3. The van der Waals surface area contributed by atoms with Gasteiger partial charge in [-0.3, -0.25) is 0 Å². The van der Waals surface area contributed by atoms with Crippen molar-refractivity contribution < 1.29 is 0 Å². The van der Waals surface area contributed by atoms with Crippen molar-refractivity contribution in [1.82, 2.24) is 0 Å². The molecule has 0 aromatic heterocycles. The van der Waals surface area contributed by atoms with Gasteiger partial charge in [0.1, 0.15) is 0 Å². The highest BCUT2D eigenvalue weighted by molar-refractivity contribution is 4.68. The van der Waals surface area contributed by atoms with Gasteiger partial charge in [0, 0.05) is 6.04 Å². The molecule has 68 valence electrons. The van der Waals surface area contributed by atoms with Gasteiger partial charge in [-0.05, 0) is 31.1 Å². The first-order valence-electron chi connectivity index (χ1n) is 4.58. The van der Waals surface area contributed by atoms with Crippen molar-refractivity contribution in [2.45, 2.75) is 53.5 Å². The second kappa shape index (κ2) is 4.10. The molecule has 0 heterocycles. The molecule has 0 saturated carbocycles. The first-order chi connectivity index (χ1) is 4.83. The summed E-state index contributed by atoms with van der Waals surface area (Å²) in [4.78, 5) is 0. The van der Waals surface area contributed by atoms with Crippen molar-refractivity contribution in [3.8, 4) is 0 Å². The Morgan fingerprint density at radius 1 is 1.18 bits per heavy atom. The third kappa shape index (κ3) is 6.36. The van der Waals surface area contributed by atoms with Crippen molar-refractivity contribution >= 4 is 0 Å². The van der Waals surface area contributed by atoms with E-state index < -0.39 is 0 Å². The van der Waals surface area contributed by atoms with E-state index in [1.165, 1.54) is 12.8 Å². The number of hydrogen-bond acceptors (Lipinski definition) is 1. The zero-order chi connectivity index (χ0) is 9.07. The molecule has 0 amide bonds. The van der Waals surface area contributed by atoms with Gasteiger partial charge in [-0.1, -0.05) is 27.7 Å². The van der Waals surface area contributed by atoms with Crippen molar-refractivity contribution in [1.29, 1.82) is 0 Å². The number of hydrogen-bond donors (Lipinski definition) is 1. The van der Waals surface area contributed by atoms with E-state index >= 15 is 0 Å². The fourth-order valence-electron chi connectivity index (χ4n) is 0.924. The normalized spacial score (nSPS) is 18.0. The van der Waals surface area contributed by atoms with E-state index in [4.69, 9.17) is 5.73 Å². The first-order valence-corrected chi connectivity index (χ1v) is 4.58. The van der Waals surface area contributed by atoms with Crippen LogP contribution < -0.4 is 5.73 Å². The summed E-state index contributed by atoms with van der Waals surface area (Å²) in [5.74, 6) is 0.661. The molecule has 0 radical (unpaired) electrons. The minimum Gasteiger partial charge on any atom is -0.328 e. The Hall–Kier alpha value is -0.0400. The van der Waals surface area contributed by atoms with Crippen LogP contribution in [0.2, 0.25) is 0 Å². The Morgan fingerprint density at radius 3 is 1.91 bits per heavy atom. The van der Waals surface area contributed by atoms with Gasteiger partial charge < -0.3 is 5.73 Å². The largest absolute Gasteiger partial charge is 0.328 e. The maximum Gasteiger partial charge on any atom is 0.00361 e. The Kier molecular flexibility index (Phi) is 4.09. The van der Waals surface area contributed by atoms with Crippen LogP contribution in [0, 0.1) is 11.3 Å². The Labute approximate surface area is 71.4 Å². The van der Waals surface area contributed by atoms with E-state index in [1.54, 1.807) is 0 Å². The molecule has 0 aromatic rings. The minimum absolute atomic E-state index is 0.345. The smallest absolute Gasteiger partial charge is 0.00361 e. The number of rotatable bonds is 3. The second-order valence-electron chi connectivity index (χ2n) is 4.94. The maximum absolute atomic E-state index is 5.77. The zero-order valence-corrected chi connectivity index (χ0v) is 8.65. The van der Waals surface area contributed by atoms with Gasteiger partial charge in [-0.25, -0.2) is 0 Å². The molecular formula is C10H23N. The van der Waals surface area contributed by atoms with E-state index in [0.29, 0.717) is 17.4 Å². The van der Waals surface area contributed by atoms with Crippen molar-refractivity contribution in [2.75, 3.05) is 0 Å². The minimum atomic E-state index is 0.345. The van der Waals surface area contributed by atoms with Gasteiger partial charge in [0.05, 0.1) is 0 Å². The molecule has 1 heteroatoms. The maximum atomic E-state index is 5.77. The van der Waals surface area contributed by atoms with Crippen molar-refractivity contribution in [3.05, 3.63) is 0 Å². The molecule has 2 N–H and O–H groups in total. The second-order valence-corrected chi connectivity index (χ2v) is 4.94. The van der Waals surface area contributed by atoms with Crippen molar-refractivity contribution in [3.63, 3.8) is 0 Å². The van der Waals surface area contributed by atoms with E-state index in [1.807, 2.05) is 0 Å². The summed E-state index contributed by atoms with van der Waals surface area (Å²) < 4.78 is 0. The summed E-state index contributed by atoms with van der Waals surface area (Å²) in [6.45, 7) is 11.2. The third-order valence-electron chi connectivity index (χ3n) is 2.25. The molecule has 0 aliphatic heterocycles. The summed E-state index contributed by atoms with van der Waals surface area (Å²) in [7, 11) is 0. The molecule has 0 fully saturated rings. The average molecular weight is 157 g/mol. The van der Waals surface area contributed by atoms with Crippen molar-refractivity contribution in [2.24, 2.45) is 17.1 Å². The molecule has 0 aliphatic carbocycles. The van der Waals surface area contributed by atoms with Crippen LogP contribution in [0.4, 0.5) is 0 Å². The molecule has 2 unspecified atom stereocenters. The fourth-order valence-corrected chi connectivity index (χ4v) is 0.924. The lowest BCUT2D eigenvalue weighted by molar-refractivity contribution is 0.314. The van der Waals surface area contributed by atoms with Crippen LogP contribution in [0.25, 0.3) is 0 Å². The van der Waals surface area contributed by atoms with Crippen LogP contribution in [0.3, 0.4) is 0 Å². The van der Waals surface area contributed by atoms with Crippen LogP contribution in [-0.4, -0.2) is 6.04 Å². The van der Waals surface area contributed by atoms with Crippen LogP contribution in [0.1, 0.15) is 47.5 Å². The van der Waals surface area contributed by atoms with Gasteiger partial charge in [0.25, 0.3) is 0 Å². The summed E-state index contributed by atoms with van der Waals surface area (Å²) in [6.07, 6.45) is 2.52. The van der Waals surface area contributed by atoms with Gasteiger partial charge in [0.15, 0.2) is 0 Å². The van der Waals surface area contributed by atoms with E-state index in [2.05, 4.69) is 34.6 Å². The van der Waals surface area contributed by atoms with Gasteiger partial charge in [0.2, 0.25) is 0 Å².